The van der Waals surface area contributed by atoms with Gasteiger partial charge >= 0.3 is 0 Å². The van der Waals surface area contributed by atoms with Crippen LogP contribution in [0.2, 0.25) is 0 Å². The number of sulfonamides is 1. The summed E-state index contributed by atoms with van der Waals surface area (Å²) in [6.07, 6.45) is 0. The summed E-state index contributed by atoms with van der Waals surface area (Å²) < 4.78 is 26.3. The molecule has 3 aromatic carbocycles. The highest BCUT2D eigenvalue weighted by Crippen LogP contribution is 2.18. The predicted octanol–water partition coefficient (Wildman–Crippen LogP) is 4.19. The van der Waals surface area contributed by atoms with E-state index in [1.165, 1.54) is 7.05 Å². The molecule has 0 aliphatic heterocycles. The molecular weight excluding hydrogens is 332 g/mol. The molecule has 0 fully saturated rings. The van der Waals surface area contributed by atoms with E-state index in [2.05, 4.69) is 5.10 Å². The highest BCUT2D eigenvalue weighted by Gasteiger charge is 2.19. The average Bonchev–Trinajstić information content (AvgIpc) is 2.61. The molecule has 3 aromatic rings. The molecule has 0 bridgehead atoms. The van der Waals surface area contributed by atoms with Crippen molar-refractivity contribution in [1.82, 2.24) is 4.41 Å². The lowest BCUT2D eigenvalue weighted by Gasteiger charge is -2.15. The number of nitrogens with zero attached hydrogens (tertiary/aromatic N) is 2. The van der Waals surface area contributed by atoms with Gasteiger partial charge in [0.1, 0.15) is 0 Å². The Labute approximate surface area is 148 Å². The fourth-order valence-electron chi connectivity index (χ4n) is 2.60. The first-order valence-electron chi connectivity index (χ1n) is 7.98. The minimum absolute atomic E-state index is 0.232. The molecule has 0 N–H and O–H groups in total. The summed E-state index contributed by atoms with van der Waals surface area (Å²) in [5, 5.41) is 6.52. The molecule has 3 rings (SSSR count). The normalized spacial score (nSPS) is 12.4. The van der Waals surface area contributed by atoms with Crippen molar-refractivity contribution in [3.8, 4) is 0 Å². The number of benzene rings is 3. The zero-order chi connectivity index (χ0) is 18.0. The minimum Gasteiger partial charge on any atom is -0.200 e. The number of hydrogen-bond acceptors (Lipinski definition) is 3. The topological polar surface area (TPSA) is 49.7 Å². The van der Waals surface area contributed by atoms with Crippen molar-refractivity contribution in [3.63, 3.8) is 0 Å². The highest BCUT2D eigenvalue weighted by atomic mass is 32.2. The largest absolute Gasteiger partial charge is 0.278 e. The fourth-order valence-corrected chi connectivity index (χ4v) is 3.61. The van der Waals surface area contributed by atoms with Crippen LogP contribution in [0.4, 0.5) is 0 Å². The van der Waals surface area contributed by atoms with Crippen molar-refractivity contribution >= 4 is 26.5 Å². The van der Waals surface area contributed by atoms with Gasteiger partial charge in [-0.25, -0.2) is 0 Å². The molecule has 0 unspecified atom stereocenters. The van der Waals surface area contributed by atoms with E-state index >= 15 is 0 Å². The van der Waals surface area contributed by atoms with Crippen LogP contribution in [0.15, 0.2) is 76.7 Å². The van der Waals surface area contributed by atoms with Crippen molar-refractivity contribution in [2.24, 2.45) is 5.10 Å². The fraction of sp³-hybridized carbons (Fsp3) is 0.150. The van der Waals surface area contributed by atoms with E-state index in [1.54, 1.807) is 24.3 Å². The van der Waals surface area contributed by atoms with Crippen LogP contribution in [0.25, 0.3) is 10.8 Å². The molecule has 4 nitrogen and oxygen atoms in total. The Morgan fingerprint density at radius 1 is 0.920 bits per heavy atom. The van der Waals surface area contributed by atoms with Crippen LogP contribution in [0.5, 0.6) is 0 Å². The van der Waals surface area contributed by atoms with Gasteiger partial charge in [0.25, 0.3) is 10.0 Å². The number of fused-ring (bicyclic) bond motifs is 1. The molecule has 0 aromatic heterocycles. The summed E-state index contributed by atoms with van der Waals surface area (Å²) in [5.74, 6) is 0. The standard InChI is InChI=1S/C20H20N2O2S/c1-15-8-12-20(13-9-15)25(23,24)22(3)21-16(2)18-11-10-17-6-4-5-7-19(17)14-18/h4-14H,1-3H3/b21-16-. The second-order valence-corrected chi connectivity index (χ2v) is 7.95. The number of hydrazone groups is 1. The SMILES string of the molecule is C/C(=N/N(C)S(=O)(=O)c1ccc(C)cc1)c1ccc2ccccc2c1. The molecule has 0 saturated carbocycles. The van der Waals surface area contributed by atoms with E-state index in [-0.39, 0.29) is 4.90 Å². The van der Waals surface area contributed by atoms with E-state index < -0.39 is 10.0 Å². The molecular formula is C20H20N2O2S. The van der Waals surface area contributed by atoms with E-state index in [0.29, 0.717) is 5.71 Å². The lowest BCUT2D eigenvalue weighted by Crippen LogP contribution is -2.23. The smallest absolute Gasteiger partial charge is 0.200 e. The Morgan fingerprint density at radius 3 is 2.24 bits per heavy atom. The van der Waals surface area contributed by atoms with Gasteiger partial charge in [-0.05, 0) is 48.4 Å². The van der Waals surface area contributed by atoms with Gasteiger partial charge in [-0.15, -0.1) is 0 Å². The van der Waals surface area contributed by atoms with E-state index in [0.717, 1.165) is 26.3 Å². The molecule has 0 saturated heterocycles. The van der Waals surface area contributed by atoms with E-state index in [4.69, 9.17) is 0 Å². The quantitative estimate of drug-likeness (QED) is 0.522. The molecule has 0 amide bonds. The van der Waals surface area contributed by atoms with Crippen molar-refractivity contribution in [2.45, 2.75) is 18.7 Å². The lowest BCUT2D eigenvalue weighted by molar-refractivity contribution is 0.489. The second kappa shape index (κ2) is 6.69. The first kappa shape index (κ1) is 17.2. The van der Waals surface area contributed by atoms with E-state index in [1.807, 2.05) is 56.3 Å². The summed E-state index contributed by atoms with van der Waals surface area (Å²) in [6, 6.07) is 20.8. The molecule has 0 atom stereocenters. The Hall–Kier alpha value is -2.66. The van der Waals surface area contributed by atoms with E-state index in [9.17, 15) is 8.42 Å². The third kappa shape index (κ3) is 3.56. The number of rotatable bonds is 4. The van der Waals surface area contributed by atoms with Crippen molar-refractivity contribution in [3.05, 3.63) is 77.9 Å². The molecule has 0 aliphatic carbocycles. The summed E-state index contributed by atoms with van der Waals surface area (Å²) >= 11 is 0. The maximum absolute atomic E-state index is 12.6. The summed E-state index contributed by atoms with van der Waals surface area (Å²) in [4.78, 5) is 0.232. The maximum atomic E-state index is 12.6. The molecule has 25 heavy (non-hydrogen) atoms. The van der Waals surface area contributed by atoms with Gasteiger partial charge in [0, 0.05) is 7.05 Å². The monoisotopic (exact) mass is 352 g/mol. The first-order chi connectivity index (χ1) is 11.9. The zero-order valence-corrected chi connectivity index (χ0v) is 15.3. The molecule has 5 heteroatoms. The van der Waals surface area contributed by atoms with Gasteiger partial charge in [-0.3, -0.25) is 0 Å². The lowest BCUT2D eigenvalue weighted by atomic mass is 10.0. The van der Waals surface area contributed by atoms with Crippen LogP contribution < -0.4 is 0 Å². The Kier molecular flexibility index (Phi) is 4.59. The Balaban J connectivity index is 1.93. The Bertz CT molecular complexity index is 1040. The van der Waals surface area contributed by atoms with Crippen LogP contribution in [0.1, 0.15) is 18.1 Å². The van der Waals surface area contributed by atoms with Crippen LogP contribution in [0.3, 0.4) is 0 Å². The Morgan fingerprint density at radius 2 is 1.56 bits per heavy atom. The van der Waals surface area contributed by atoms with Gasteiger partial charge in [0.2, 0.25) is 0 Å². The number of hydrogen-bond donors (Lipinski definition) is 0. The predicted molar refractivity (Wildman–Crippen MR) is 102 cm³/mol. The number of aryl methyl sites for hydroxylation is 1. The maximum Gasteiger partial charge on any atom is 0.278 e. The summed E-state index contributed by atoms with van der Waals surface area (Å²) in [6.45, 7) is 3.73. The summed E-state index contributed by atoms with van der Waals surface area (Å²) in [7, 11) is -2.20. The van der Waals surface area contributed by atoms with Crippen molar-refractivity contribution < 1.29 is 8.42 Å². The molecule has 0 spiro atoms. The second-order valence-electron chi connectivity index (χ2n) is 6.00. The third-order valence-corrected chi connectivity index (χ3v) is 5.77. The van der Waals surface area contributed by atoms with Gasteiger partial charge in [0.15, 0.2) is 0 Å². The summed E-state index contributed by atoms with van der Waals surface area (Å²) in [5.41, 5.74) is 2.55. The van der Waals surface area contributed by atoms with Crippen LogP contribution in [-0.4, -0.2) is 25.6 Å². The molecule has 0 heterocycles. The average molecular weight is 352 g/mol. The van der Waals surface area contributed by atoms with Gasteiger partial charge in [-0.2, -0.15) is 17.9 Å². The molecule has 0 aliphatic rings. The van der Waals surface area contributed by atoms with Gasteiger partial charge in [-0.1, -0.05) is 54.1 Å². The highest BCUT2D eigenvalue weighted by molar-refractivity contribution is 7.89. The zero-order valence-electron chi connectivity index (χ0n) is 14.5. The van der Waals surface area contributed by atoms with Crippen LogP contribution in [0, 0.1) is 6.92 Å². The van der Waals surface area contributed by atoms with Crippen molar-refractivity contribution in [1.29, 1.82) is 0 Å². The van der Waals surface area contributed by atoms with Crippen LogP contribution in [-0.2, 0) is 10.0 Å². The van der Waals surface area contributed by atoms with Crippen molar-refractivity contribution in [2.75, 3.05) is 7.05 Å². The minimum atomic E-state index is -3.66. The van der Waals surface area contributed by atoms with Crippen LogP contribution >= 0.6 is 0 Å². The van der Waals surface area contributed by atoms with Gasteiger partial charge < -0.3 is 0 Å². The first-order valence-corrected chi connectivity index (χ1v) is 9.42. The molecule has 128 valence electrons. The van der Waals surface area contributed by atoms with Gasteiger partial charge in [0.05, 0.1) is 10.6 Å². The molecule has 0 radical (unpaired) electrons. The third-order valence-electron chi connectivity index (χ3n) is 4.12.